The maximum absolute atomic E-state index is 11.1. The second kappa shape index (κ2) is 5.14. The van der Waals surface area contributed by atoms with E-state index in [0.29, 0.717) is 5.88 Å². The number of H-pyrrole nitrogens is 1. The summed E-state index contributed by atoms with van der Waals surface area (Å²) in [5, 5.41) is 0. The van der Waals surface area contributed by atoms with Gasteiger partial charge in [0, 0.05) is 0 Å². The number of ether oxygens (including phenoxy) is 1. The molecule has 4 heteroatoms. The highest BCUT2D eigenvalue weighted by Gasteiger charge is 2.22. The molecule has 1 N–H and O–H groups in total. The fraction of sp³-hybridized carbons (Fsp3) is 0.667. The minimum atomic E-state index is -0.159. The van der Waals surface area contributed by atoms with Crippen LogP contribution in [0.3, 0.4) is 0 Å². The summed E-state index contributed by atoms with van der Waals surface area (Å²) in [5.74, 6) is 1.21. The molecular weight excluding hydrogens is 204 g/mol. The molecule has 1 saturated carbocycles. The molecule has 0 spiro atoms. The molecule has 0 saturated heterocycles. The third kappa shape index (κ3) is 2.84. The third-order valence-corrected chi connectivity index (χ3v) is 3.25. The van der Waals surface area contributed by atoms with Crippen LogP contribution < -0.4 is 10.3 Å². The maximum atomic E-state index is 11.1. The molecule has 2 unspecified atom stereocenters. The van der Waals surface area contributed by atoms with Crippen LogP contribution in [0.5, 0.6) is 5.88 Å². The van der Waals surface area contributed by atoms with Crippen molar-refractivity contribution in [1.29, 1.82) is 0 Å². The van der Waals surface area contributed by atoms with Gasteiger partial charge in [0.15, 0.2) is 0 Å². The second-order valence-corrected chi connectivity index (χ2v) is 4.43. The average Bonchev–Trinajstić information content (AvgIpc) is 2.29. The van der Waals surface area contributed by atoms with Crippen LogP contribution in [0, 0.1) is 5.92 Å². The lowest BCUT2D eigenvalue weighted by molar-refractivity contribution is 0.117. The Hall–Kier alpha value is -1.32. The molecule has 1 aliphatic carbocycles. The number of aromatic nitrogens is 2. The van der Waals surface area contributed by atoms with E-state index in [-0.39, 0.29) is 11.7 Å². The quantitative estimate of drug-likeness (QED) is 0.852. The van der Waals surface area contributed by atoms with Crippen molar-refractivity contribution in [2.45, 2.75) is 45.1 Å². The summed E-state index contributed by atoms with van der Waals surface area (Å²) < 4.78 is 5.74. The normalized spacial score (nSPS) is 25.3. The average molecular weight is 222 g/mol. The van der Waals surface area contributed by atoms with Crippen LogP contribution in [0.4, 0.5) is 0 Å². The van der Waals surface area contributed by atoms with Crippen molar-refractivity contribution in [2.75, 3.05) is 0 Å². The first-order valence-corrected chi connectivity index (χ1v) is 5.99. The molecule has 1 aliphatic rings. The highest BCUT2D eigenvalue weighted by atomic mass is 16.5. The van der Waals surface area contributed by atoms with Crippen molar-refractivity contribution < 1.29 is 4.74 Å². The number of hydrogen-bond acceptors (Lipinski definition) is 3. The van der Waals surface area contributed by atoms with Gasteiger partial charge in [-0.05, 0) is 25.2 Å². The van der Waals surface area contributed by atoms with Gasteiger partial charge in [-0.15, -0.1) is 0 Å². The van der Waals surface area contributed by atoms with Gasteiger partial charge < -0.3 is 9.72 Å². The Morgan fingerprint density at radius 2 is 2.44 bits per heavy atom. The van der Waals surface area contributed by atoms with Crippen LogP contribution in [0.15, 0.2) is 17.2 Å². The van der Waals surface area contributed by atoms with Crippen LogP contribution in [0.1, 0.15) is 39.0 Å². The minimum Gasteiger partial charge on any atom is -0.474 e. The Morgan fingerprint density at radius 1 is 1.56 bits per heavy atom. The molecule has 4 nitrogen and oxygen atoms in total. The summed E-state index contributed by atoms with van der Waals surface area (Å²) in [5.41, 5.74) is -0.159. The Bertz CT molecular complexity index is 389. The first kappa shape index (κ1) is 11.2. The van der Waals surface area contributed by atoms with E-state index in [1.165, 1.54) is 31.7 Å². The summed E-state index contributed by atoms with van der Waals surface area (Å²) in [7, 11) is 0. The molecule has 16 heavy (non-hydrogen) atoms. The summed E-state index contributed by atoms with van der Waals surface area (Å²) in [4.78, 5) is 17.6. The third-order valence-electron chi connectivity index (χ3n) is 3.25. The molecule has 1 heterocycles. The van der Waals surface area contributed by atoms with Gasteiger partial charge in [-0.2, -0.15) is 0 Å². The predicted molar refractivity (Wildman–Crippen MR) is 61.5 cm³/mol. The lowest BCUT2D eigenvalue weighted by Gasteiger charge is -2.28. The highest BCUT2D eigenvalue weighted by Crippen LogP contribution is 2.28. The molecular formula is C12H18N2O2. The van der Waals surface area contributed by atoms with Crippen molar-refractivity contribution in [1.82, 2.24) is 9.97 Å². The Labute approximate surface area is 95.1 Å². The van der Waals surface area contributed by atoms with E-state index in [1.54, 1.807) is 0 Å². The molecule has 2 atom stereocenters. The fourth-order valence-electron chi connectivity index (χ4n) is 2.31. The summed E-state index contributed by atoms with van der Waals surface area (Å²) in [6.45, 7) is 2.22. The molecule has 0 amide bonds. The van der Waals surface area contributed by atoms with Crippen molar-refractivity contribution >= 4 is 0 Å². The second-order valence-electron chi connectivity index (χ2n) is 4.43. The molecule has 0 bridgehead atoms. The van der Waals surface area contributed by atoms with Gasteiger partial charge in [0.25, 0.3) is 5.56 Å². The zero-order valence-corrected chi connectivity index (χ0v) is 9.61. The SMILES string of the molecule is CCC1CCCC(Oc2cc(=O)[nH]cn2)C1. The smallest absolute Gasteiger partial charge is 0.254 e. The van der Waals surface area contributed by atoms with Crippen molar-refractivity contribution in [3.63, 3.8) is 0 Å². The van der Waals surface area contributed by atoms with Crippen LogP contribution >= 0.6 is 0 Å². The van der Waals surface area contributed by atoms with Crippen LogP contribution in [-0.2, 0) is 0 Å². The summed E-state index contributed by atoms with van der Waals surface area (Å²) in [6.07, 6.45) is 7.51. The number of aromatic amines is 1. The molecule has 0 radical (unpaired) electrons. The fourth-order valence-corrected chi connectivity index (χ4v) is 2.31. The van der Waals surface area contributed by atoms with E-state index in [4.69, 9.17) is 4.74 Å². The number of rotatable bonds is 3. The minimum absolute atomic E-state index is 0.159. The Balaban J connectivity index is 1.96. The predicted octanol–water partition coefficient (Wildman–Crippen LogP) is 2.12. The highest BCUT2D eigenvalue weighted by molar-refractivity contribution is 5.05. The number of nitrogens with zero attached hydrogens (tertiary/aromatic N) is 1. The van der Waals surface area contributed by atoms with Crippen LogP contribution in [0.2, 0.25) is 0 Å². The van der Waals surface area contributed by atoms with Gasteiger partial charge in [-0.25, -0.2) is 4.98 Å². The first-order chi connectivity index (χ1) is 7.78. The Kier molecular flexibility index (Phi) is 3.59. The van der Waals surface area contributed by atoms with Gasteiger partial charge in [0.2, 0.25) is 5.88 Å². The van der Waals surface area contributed by atoms with E-state index >= 15 is 0 Å². The molecule has 88 valence electrons. The lowest BCUT2D eigenvalue weighted by atomic mass is 9.85. The van der Waals surface area contributed by atoms with Crippen molar-refractivity contribution in [2.24, 2.45) is 5.92 Å². The first-order valence-electron chi connectivity index (χ1n) is 5.99. The monoisotopic (exact) mass is 222 g/mol. The standard InChI is InChI=1S/C12H18N2O2/c1-2-9-4-3-5-10(6-9)16-12-7-11(15)13-8-14-12/h7-10H,2-6H2,1H3,(H,13,14,15). The number of nitrogens with one attached hydrogen (secondary N) is 1. The van der Waals surface area contributed by atoms with E-state index < -0.39 is 0 Å². The maximum Gasteiger partial charge on any atom is 0.254 e. The van der Waals surface area contributed by atoms with Gasteiger partial charge >= 0.3 is 0 Å². The van der Waals surface area contributed by atoms with Crippen LogP contribution in [-0.4, -0.2) is 16.1 Å². The molecule has 2 rings (SSSR count). The van der Waals surface area contributed by atoms with Gasteiger partial charge in [-0.3, -0.25) is 4.79 Å². The molecule has 1 fully saturated rings. The van der Waals surface area contributed by atoms with E-state index in [0.717, 1.165) is 18.8 Å². The van der Waals surface area contributed by atoms with Gasteiger partial charge in [-0.1, -0.05) is 19.8 Å². The topological polar surface area (TPSA) is 55.0 Å². The zero-order chi connectivity index (χ0) is 11.4. The van der Waals surface area contributed by atoms with E-state index in [2.05, 4.69) is 16.9 Å². The molecule has 1 aromatic rings. The van der Waals surface area contributed by atoms with Crippen molar-refractivity contribution in [3.05, 3.63) is 22.7 Å². The molecule has 0 aliphatic heterocycles. The summed E-state index contributed by atoms with van der Waals surface area (Å²) in [6, 6.07) is 1.41. The molecule has 1 aromatic heterocycles. The van der Waals surface area contributed by atoms with Crippen LogP contribution in [0.25, 0.3) is 0 Å². The van der Waals surface area contributed by atoms with Gasteiger partial charge in [0.05, 0.1) is 12.4 Å². The largest absolute Gasteiger partial charge is 0.474 e. The number of hydrogen-bond donors (Lipinski definition) is 1. The van der Waals surface area contributed by atoms with Crippen molar-refractivity contribution in [3.8, 4) is 5.88 Å². The lowest BCUT2D eigenvalue weighted by Crippen LogP contribution is -2.26. The summed E-state index contributed by atoms with van der Waals surface area (Å²) >= 11 is 0. The Morgan fingerprint density at radius 3 is 3.19 bits per heavy atom. The van der Waals surface area contributed by atoms with Gasteiger partial charge in [0.1, 0.15) is 6.10 Å². The zero-order valence-electron chi connectivity index (χ0n) is 9.61. The molecule has 0 aromatic carbocycles. The van der Waals surface area contributed by atoms with E-state index in [1.807, 2.05) is 0 Å². The van der Waals surface area contributed by atoms with E-state index in [9.17, 15) is 4.79 Å².